The Morgan fingerprint density at radius 3 is 2.80 bits per heavy atom. The molecule has 1 heterocycles. The number of halogens is 1. The van der Waals surface area contributed by atoms with Gasteiger partial charge in [-0.25, -0.2) is 0 Å². The Labute approximate surface area is 123 Å². The van der Waals surface area contributed by atoms with Crippen LogP contribution in [0, 0.1) is 6.92 Å². The number of nitrogens with zero attached hydrogens (tertiary/aromatic N) is 1. The number of aromatic nitrogens is 1. The van der Waals surface area contributed by atoms with Gasteiger partial charge in [0.15, 0.2) is 5.78 Å². The Bertz CT molecular complexity index is 651. The minimum atomic E-state index is -0.0808. The number of hydrogen-bond donors (Lipinski definition) is 1. The van der Waals surface area contributed by atoms with Crippen molar-refractivity contribution < 1.29 is 4.79 Å². The summed E-state index contributed by atoms with van der Waals surface area (Å²) in [6.45, 7) is 3.77. The molecule has 1 N–H and O–H groups in total. The molecule has 1 aromatic carbocycles. The van der Waals surface area contributed by atoms with Gasteiger partial charge in [0.1, 0.15) is 0 Å². The van der Waals surface area contributed by atoms with Crippen molar-refractivity contribution in [2.24, 2.45) is 0 Å². The molecule has 0 spiro atoms. The number of benzene rings is 1. The zero-order valence-electron chi connectivity index (χ0n) is 11.4. The van der Waals surface area contributed by atoms with Gasteiger partial charge in [0.2, 0.25) is 0 Å². The van der Waals surface area contributed by atoms with Crippen molar-refractivity contribution in [2.75, 3.05) is 5.32 Å². The zero-order chi connectivity index (χ0) is 14.5. The molecule has 0 aliphatic rings. The fraction of sp³-hybridized carbons (Fsp3) is 0.125. The van der Waals surface area contributed by atoms with E-state index in [9.17, 15) is 4.79 Å². The van der Waals surface area contributed by atoms with Crippen LogP contribution in [0.2, 0.25) is 5.02 Å². The molecule has 0 amide bonds. The Hall–Kier alpha value is -2.13. The predicted octanol–water partition coefficient (Wildman–Crippen LogP) is 4.24. The van der Waals surface area contributed by atoms with E-state index in [2.05, 4.69) is 10.3 Å². The minimum absolute atomic E-state index is 0.0808. The van der Waals surface area contributed by atoms with Gasteiger partial charge in [-0.05, 0) is 43.7 Å². The molecule has 0 saturated carbocycles. The fourth-order valence-corrected chi connectivity index (χ4v) is 1.95. The van der Waals surface area contributed by atoms with Gasteiger partial charge in [-0.3, -0.25) is 9.78 Å². The van der Waals surface area contributed by atoms with Crippen LogP contribution in [0.5, 0.6) is 0 Å². The number of pyridine rings is 1. The predicted molar refractivity (Wildman–Crippen MR) is 82.1 cm³/mol. The molecule has 0 radical (unpaired) electrons. The second-order valence-corrected chi connectivity index (χ2v) is 4.88. The van der Waals surface area contributed by atoms with Gasteiger partial charge in [0, 0.05) is 40.4 Å². The number of ketones is 1. The Balaban J connectivity index is 2.16. The Morgan fingerprint density at radius 1 is 1.30 bits per heavy atom. The molecule has 0 atom stereocenters. The van der Waals surface area contributed by atoms with Crippen LogP contribution in [0.3, 0.4) is 0 Å². The van der Waals surface area contributed by atoms with Crippen molar-refractivity contribution in [3.8, 4) is 0 Å². The first kappa shape index (κ1) is 14.3. The third-order valence-corrected chi connectivity index (χ3v) is 3.30. The molecule has 0 fully saturated rings. The quantitative estimate of drug-likeness (QED) is 0.675. The van der Waals surface area contributed by atoms with Crippen LogP contribution in [0.15, 0.2) is 54.5 Å². The van der Waals surface area contributed by atoms with E-state index in [1.54, 1.807) is 30.6 Å². The molecule has 2 rings (SSSR count). The van der Waals surface area contributed by atoms with Crippen LogP contribution in [0.4, 0.5) is 5.69 Å². The molecular formula is C16H15ClN2O. The number of anilines is 1. The summed E-state index contributed by atoms with van der Waals surface area (Å²) in [4.78, 5) is 15.9. The van der Waals surface area contributed by atoms with Gasteiger partial charge in [-0.1, -0.05) is 17.7 Å². The van der Waals surface area contributed by atoms with Crippen LogP contribution in [-0.4, -0.2) is 10.8 Å². The summed E-state index contributed by atoms with van der Waals surface area (Å²) in [5.74, 6) is -0.0808. The first-order valence-electron chi connectivity index (χ1n) is 6.22. The van der Waals surface area contributed by atoms with E-state index in [4.69, 9.17) is 11.6 Å². The molecule has 0 aliphatic carbocycles. The second kappa shape index (κ2) is 6.35. The first-order chi connectivity index (χ1) is 9.58. The normalized spacial score (nSPS) is 11.2. The maximum Gasteiger partial charge on any atom is 0.189 e. The maximum atomic E-state index is 12.0. The van der Waals surface area contributed by atoms with Gasteiger partial charge in [0.25, 0.3) is 0 Å². The lowest BCUT2D eigenvalue weighted by Crippen LogP contribution is -2.02. The number of allylic oxidation sites excluding steroid dienone is 2. The highest BCUT2D eigenvalue weighted by Crippen LogP contribution is 2.24. The molecule has 20 heavy (non-hydrogen) atoms. The molecule has 0 aliphatic heterocycles. The third-order valence-electron chi connectivity index (χ3n) is 2.89. The second-order valence-electron chi connectivity index (χ2n) is 4.47. The molecular weight excluding hydrogens is 272 g/mol. The monoisotopic (exact) mass is 286 g/mol. The van der Waals surface area contributed by atoms with Crippen LogP contribution in [-0.2, 0) is 0 Å². The van der Waals surface area contributed by atoms with E-state index < -0.39 is 0 Å². The Kier molecular flexibility index (Phi) is 4.53. The highest BCUT2D eigenvalue weighted by molar-refractivity contribution is 6.31. The fourth-order valence-electron chi connectivity index (χ4n) is 1.78. The number of carbonyl (C=O) groups is 1. The van der Waals surface area contributed by atoms with Crippen molar-refractivity contribution in [1.82, 2.24) is 4.98 Å². The number of hydrogen-bond acceptors (Lipinski definition) is 3. The van der Waals surface area contributed by atoms with E-state index >= 15 is 0 Å². The first-order valence-corrected chi connectivity index (χ1v) is 6.60. The number of rotatable bonds is 4. The molecule has 0 unspecified atom stereocenters. The number of nitrogens with one attached hydrogen (secondary N) is 1. The summed E-state index contributed by atoms with van der Waals surface area (Å²) in [6.07, 6.45) is 4.75. The maximum absolute atomic E-state index is 12.0. The zero-order valence-corrected chi connectivity index (χ0v) is 12.1. The summed E-state index contributed by atoms with van der Waals surface area (Å²) in [5, 5.41) is 3.88. The van der Waals surface area contributed by atoms with Crippen LogP contribution in [0.25, 0.3) is 0 Å². The average Bonchev–Trinajstić information content (AvgIpc) is 2.45. The standard InChI is InChI=1S/C16H15ClN2O/c1-11(9-16(20)13-5-4-8-18-10-13)19-15-7-3-6-14(17)12(15)2/h3-10,19H,1-2H3. The van der Waals surface area contributed by atoms with Gasteiger partial charge in [0.05, 0.1) is 0 Å². The molecule has 0 saturated heterocycles. The summed E-state index contributed by atoms with van der Waals surface area (Å²) >= 11 is 6.06. The highest BCUT2D eigenvalue weighted by atomic mass is 35.5. The molecule has 0 bridgehead atoms. The van der Waals surface area contributed by atoms with Crippen LogP contribution in [0.1, 0.15) is 22.8 Å². The van der Waals surface area contributed by atoms with Crippen molar-refractivity contribution >= 4 is 23.1 Å². The van der Waals surface area contributed by atoms with Gasteiger partial charge in [-0.15, -0.1) is 0 Å². The van der Waals surface area contributed by atoms with E-state index in [1.807, 2.05) is 32.0 Å². The van der Waals surface area contributed by atoms with E-state index in [-0.39, 0.29) is 5.78 Å². The SMILES string of the molecule is CC(=CC(=O)c1cccnc1)Nc1cccc(Cl)c1C. The third kappa shape index (κ3) is 3.45. The van der Waals surface area contributed by atoms with E-state index in [0.29, 0.717) is 10.6 Å². The minimum Gasteiger partial charge on any atom is -0.359 e. The van der Waals surface area contributed by atoms with Crippen LogP contribution < -0.4 is 5.32 Å². The van der Waals surface area contributed by atoms with Gasteiger partial charge >= 0.3 is 0 Å². The van der Waals surface area contributed by atoms with Crippen LogP contribution >= 0.6 is 11.6 Å². The summed E-state index contributed by atoms with van der Waals surface area (Å²) in [6, 6.07) is 9.11. The van der Waals surface area contributed by atoms with E-state index in [1.165, 1.54) is 0 Å². The van der Waals surface area contributed by atoms with Crippen molar-refractivity contribution in [3.63, 3.8) is 0 Å². The largest absolute Gasteiger partial charge is 0.359 e. The molecule has 4 heteroatoms. The van der Waals surface area contributed by atoms with E-state index in [0.717, 1.165) is 16.9 Å². The summed E-state index contributed by atoms with van der Waals surface area (Å²) in [5.41, 5.74) is 3.17. The molecule has 1 aromatic heterocycles. The average molecular weight is 287 g/mol. The molecule has 2 aromatic rings. The lowest BCUT2D eigenvalue weighted by molar-refractivity contribution is 0.104. The lowest BCUT2D eigenvalue weighted by atomic mass is 10.1. The van der Waals surface area contributed by atoms with Crippen molar-refractivity contribution in [2.45, 2.75) is 13.8 Å². The Morgan fingerprint density at radius 2 is 2.10 bits per heavy atom. The van der Waals surface area contributed by atoms with Gasteiger partial charge in [-0.2, -0.15) is 0 Å². The number of carbonyl (C=O) groups excluding carboxylic acids is 1. The van der Waals surface area contributed by atoms with Crippen molar-refractivity contribution in [3.05, 3.63) is 70.6 Å². The highest BCUT2D eigenvalue weighted by Gasteiger charge is 2.05. The summed E-state index contributed by atoms with van der Waals surface area (Å²) < 4.78 is 0. The summed E-state index contributed by atoms with van der Waals surface area (Å²) in [7, 11) is 0. The smallest absolute Gasteiger partial charge is 0.189 e. The molecule has 3 nitrogen and oxygen atoms in total. The van der Waals surface area contributed by atoms with Crippen molar-refractivity contribution in [1.29, 1.82) is 0 Å². The lowest BCUT2D eigenvalue weighted by Gasteiger charge is -2.10. The van der Waals surface area contributed by atoms with Gasteiger partial charge < -0.3 is 5.32 Å². The topological polar surface area (TPSA) is 42.0 Å². The molecule has 102 valence electrons.